The van der Waals surface area contributed by atoms with Crippen molar-refractivity contribution in [2.75, 3.05) is 30.9 Å². The van der Waals surface area contributed by atoms with E-state index in [9.17, 15) is 0 Å². The van der Waals surface area contributed by atoms with Gasteiger partial charge in [0.05, 0.1) is 5.52 Å². The van der Waals surface area contributed by atoms with Crippen LogP contribution in [-0.4, -0.2) is 25.6 Å². The first kappa shape index (κ1) is 10.7. The van der Waals surface area contributed by atoms with Gasteiger partial charge >= 0.3 is 0 Å². The maximum Gasteiger partial charge on any atom is 0.128 e. The third kappa shape index (κ3) is 1.94. The van der Waals surface area contributed by atoms with Crippen molar-refractivity contribution >= 4 is 22.4 Å². The molecular formula is C13H17N3. The number of fused-ring (bicyclic) bond motifs is 1. The van der Waals surface area contributed by atoms with Crippen LogP contribution in [0.25, 0.3) is 10.9 Å². The lowest BCUT2D eigenvalue weighted by Crippen LogP contribution is -2.10. The maximum atomic E-state index is 4.57. The van der Waals surface area contributed by atoms with Crippen molar-refractivity contribution in [2.45, 2.75) is 6.92 Å². The van der Waals surface area contributed by atoms with Gasteiger partial charge in [-0.15, -0.1) is 0 Å². The van der Waals surface area contributed by atoms with Crippen molar-refractivity contribution in [3.63, 3.8) is 0 Å². The molecular weight excluding hydrogens is 198 g/mol. The van der Waals surface area contributed by atoms with Crippen LogP contribution in [0.2, 0.25) is 0 Å². The molecule has 0 bridgehead atoms. The first-order valence-electron chi connectivity index (χ1n) is 5.53. The number of nitrogens with zero attached hydrogens (tertiary/aromatic N) is 2. The standard InChI is InChI=1S/C13H17N3/c1-4-14-13-9-12(16(2)3)10-7-5-6-8-11(10)15-13/h5-9H,4H2,1-3H3,(H,14,15). The van der Waals surface area contributed by atoms with E-state index in [2.05, 4.69) is 48.4 Å². The number of benzene rings is 1. The third-order valence-corrected chi connectivity index (χ3v) is 2.53. The molecule has 0 saturated carbocycles. The molecule has 2 rings (SSSR count). The summed E-state index contributed by atoms with van der Waals surface area (Å²) in [4.78, 5) is 6.69. The molecule has 0 radical (unpaired) electrons. The zero-order valence-corrected chi connectivity index (χ0v) is 9.99. The molecule has 1 aromatic carbocycles. The predicted octanol–water partition coefficient (Wildman–Crippen LogP) is 2.73. The van der Waals surface area contributed by atoms with Crippen LogP contribution in [0.3, 0.4) is 0 Å². The molecule has 0 unspecified atom stereocenters. The number of anilines is 2. The van der Waals surface area contributed by atoms with Crippen LogP contribution in [0.15, 0.2) is 30.3 Å². The van der Waals surface area contributed by atoms with Gasteiger partial charge in [-0.25, -0.2) is 4.98 Å². The second-order valence-electron chi connectivity index (χ2n) is 3.97. The summed E-state index contributed by atoms with van der Waals surface area (Å²) in [7, 11) is 4.11. The lowest BCUT2D eigenvalue weighted by molar-refractivity contribution is 1.12. The molecule has 0 atom stereocenters. The highest BCUT2D eigenvalue weighted by molar-refractivity contribution is 5.93. The molecule has 1 aromatic heterocycles. The zero-order chi connectivity index (χ0) is 11.5. The molecule has 1 N–H and O–H groups in total. The maximum absolute atomic E-state index is 4.57. The Morgan fingerprint density at radius 3 is 2.69 bits per heavy atom. The van der Waals surface area contributed by atoms with E-state index in [1.165, 1.54) is 11.1 Å². The van der Waals surface area contributed by atoms with Crippen molar-refractivity contribution < 1.29 is 0 Å². The Hall–Kier alpha value is -1.77. The van der Waals surface area contributed by atoms with Crippen LogP contribution in [0.4, 0.5) is 11.5 Å². The molecule has 0 fully saturated rings. The first-order chi connectivity index (χ1) is 7.72. The van der Waals surface area contributed by atoms with Crippen molar-refractivity contribution in [2.24, 2.45) is 0 Å². The van der Waals surface area contributed by atoms with Crippen LogP contribution < -0.4 is 10.2 Å². The summed E-state index contributed by atoms with van der Waals surface area (Å²) < 4.78 is 0. The summed E-state index contributed by atoms with van der Waals surface area (Å²) in [6, 6.07) is 10.3. The Kier molecular flexibility index (Phi) is 2.95. The van der Waals surface area contributed by atoms with Gasteiger partial charge in [0.1, 0.15) is 5.82 Å². The summed E-state index contributed by atoms with van der Waals surface area (Å²) in [5, 5.41) is 4.45. The minimum absolute atomic E-state index is 0.887. The minimum Gasteiger partial charge on any atom is -0.377 e. The van der Waals surface area contributed by atoms with Crippen LogP contribution >= 0.6 is 0 Å². The van der Waals surface area contributed by atoms with E-state index >= 15 is 0 Å². The highest BCUT2D eigenvalue weighted by Crippen LogP contribution is 2.26. The monoisotopic (exact) mass is 215 g/mol. The molecule has 0 aliphatic heterocycles. The zero-order valence-electron chi connectivity index (χ0n) is 9.99. The van der Waals surface area contributed by atoms with Gasteiger partial charge in [0.15, 0.2) is 0 Å². The van der Waals surface area contributed by atoms with E-state index in [0.717, 1.165) is 17.9 Å². The van der Waals surface area contributed by atoms with E-state index in [4.69, 9.17) is 0 Å². The van der Waals surface area contributed by atoms with Crippen molar-refractivity contribution in [1.29, 1.82) is 0 Å². The van der Waals surface area contributed by atoms with Gasteiger partial charge in [0.25, 0.3) is 0 Å². The molecule has 0 spiro atoms. The number of nitrogens with one attached hydrogen (secondary N) is 1. The molecule has 0 amide bonds. The quantitative estimate of drug-likeness (QED) is 0.853. The van der Waals surface area contributed by atoms with Crippen LogP contribution in [-0.2, 0) is 0 Å². The number of aromatic nitrogens is 1. The SMILES string of the molecule is CCNc1cc(N(C)C)c2ccccc2n1. The number of rotatable bonds is 3. The fraction of sp³-hybridized carbons (Fsp3) is 0.308. The van der Waals surface area contributed by atoms with E-state index in [-0.39, 0.29) is 0 Å². The Bertz CT molecular complexity index is 492. The Morgan fingerprint density at radius 2 is 2.00 bits per heavy atom. The molecule has 0 aliphatic carbocycles. The van der Waals surface area contributed by atoms with E-state index in [0.29, 0.717) is 0 Å². The molecule has 2 aromatic rings. The van der Waals surface area contributed by atoms with Gasteiger partial charge in [0.2, 0.25) is 0 Å². The Morgan fingerprint density at radius 1 is 1.25 bits per heavy atom. The van der Waals surface area contributed by atoms with E-state index < -0.39 is 0 Å². The van der Waals surface area contributed by atoms with Crippen LogP contribution in [0.5, 0.6) is 0 Å². The van der Waals surface area contributed by atoms with Crippen LogP contribution in [0, 0.1) is 0 Å². The van der Waals surface area contributed by atoms with Gasteiger partial charge in [-0.2, -0.15) is 0 Å². The summed E-state index contributed by atoms with van der Waals surface area (Å²) in [6.45, 7) is 2.96. The van der Waals surface area contributed by atoms with Gasteiger partial charge in [-0.05, 0) is 13.0 Å². The summed E-state index contributed by atoms with van der Waals surface area (Å²) in [5.41, 5.74) is 2.23. The smallest absolute Gasteiger partial charge is 0.128 e. The highest BCUT2D eigenvalue weighted by atomic mass is 15.1. The fourth-order valence-electron chi connectivity index (χ4n) is 1.80. The summed E-state index contributed by atoms with van der Waals surface area (Å²) in [5.74, 6) is 0.935. The second-order valence-corrected chi connectivity index (χ2v) is 3.97. The molecule has 0 saturated heterocycles. The largest absolute Gasteiger partial charge is 0.377 e. The van der Waals surface area contributed by atoms with Gasteiger partial charge < -0.3 is 10.2 Å². The predicted molar refractivity (Wildman–Crippen MR) is 70.2 cm³/mol. The number of pyridine rings is 1. The van der Waals surface area contributed by atoms with Crippen LogP contribution in [0.1, 0.15) is 6.92 Å². The minimum atomic E-state index is 0.887. The highest BCUT2D eigenvalue weighted by Gasteiger charge is 2.06. The fourth-order valence-corrected chi connectivity index (χ4v) is 1.80. The van der Waals surface area contributed by atoms with Crippen molar-refractivity contribution in [3.05, 3.63) is 30.3 Å². The molecule has 16 heavy (non-hydrogen) atoms. The second kappa shape index (κ2) is 4.39. The molecule has 84 valence electrons. The molecule has 3 nitrogen and oxygen atoms in total. The number of hydrogen-bond acceptors (Lipinski definition) is 3. The third-order valence-electron chi connectivity index (χ3n) is 2.53. The average molecular weight is 215 g/mol. The van der Waals surface area contributed by atoms with Crippen molar-refractivity contribution in [1.82, 2.24) is 4.98 Å². The van der Waals surface area contributed by atoms with Gasteiger partial charge in [-0.1, -0.05) is 18.2 Å². The Balaban J connectivity index is 2.64. The van der Waals surface area contributed by atoms with Crippen molar-refractivity contribution in [3.8, 4) is 0 Å². The lowest BCUT2D eigenvalue weighted by Gasteiger charge is -2.16. The molecule has 3 heteroatoms. The summed E-state index contributed by atoms with van der Waals surface area (Å²) in [6.07, 6.45) is 0. The lowest BCUT2D eigenvalue weighted by atomic mass is 10.1. The number of para-hydroxylation sites is 1. The topological polar surface area (TPSA) is 28.2 Å². The molecule has 1 heterocycles. The molecule has 0 aliphatic rings. The van der Waals surface area contributed by atoms with E-state index in [1.54, 1.807) is 0 Å². The normalized spacial score (nSPS) is 10.4. The number of hydrogen-bond donors (Lipinski definition) is 1. The average Bonchev–Trinajstić information content (AvgIpc) is 2.28. The van der Waals surface area contributed by atoms with Gasteiger partial charge in [0, 0.05) is 37.8 Å². The summed E-state index contributed by atoms with van der Waals surface area (Å²) >= 11 is 0. The van der Waals surface area contributed by atoms with E-state index in [1.807, 2.05) is 18.2 Å². The Labute approximate surface area is 96.1 Å². The first-order valence-corrected chi connectivity index (χ1v) is 5.53. The van der Waals surface area contributed by atoms with Gasteiger partial charge in [-0.3, -0.25) is 0 Å².